The van der Waals surface area contributed by atoms with Gasteiger partial charge < -0.3 is 14.3 Å². The molecule has 0 atom stereocenters. The first kappa shape index (κ1) is 21.2. The van der Waals surface area contributed by atoms with Gasteiger partial charge in [-0.2, -0.15) is 0 Å². The van der Waals surface area contributed by atoms with Crippen molar-refractivity contribution in [2.45, 2.75) is 39.0 Å². The van der Waals surface area contributed by atoms with Crippen molar-refractivity contribution < 1.29 is 19.1 Å². The first-order chi connectivity index (χ1) is 13.8. The van der Waals surface area contributed by atoms with E-state index in [2.05, 4.69) is 24.3 Å². The van der Waals surface area contributed by atoms with Gasteiger partial charge in [-0.05, 0) is 69.0 Å². The Labute approximate surface area is 173 Å². The summed E-state index contributed by atoms with van der Waals surface area (Å²) in [6.07, 6.45) is 1.89. The number of ether oxygens (including phenoxy) is 2. The van der Waals surface area contributed by atoms with Crippen molar-refractivity contribution in [3.05, 3.63) is 59.7 Å². The largest absolute Gasteiger partial charge is 0.497 e. The van der Waals surface area contributed by atoms with Gasteiger partial charge in [-0.3, -0.25) is 0 Å². The van der Waals surface area contributed by atoms with Crippen molar-refractivity contribution in [1.29, 1.82) is 0 Å². The van der Waals surface area contributed by atoms with E-state index in [0.717, 1.165) is 30.9 Å². The molecule has 1 fully saturated rings. The molecule has 2 aromatic carbocycles. The number of carbonyl (C=O) groups excluding carboxylic acids is 1. The Balaban J connectivity index is 1.98. The standard InChI is InChI=1S/C24H31NO4/c1-23(2,3)22(26)29-25-16-6-15-24(17-25,18-7-11-20(27-4)12-8-18)19-9-13-21(28-5)14-10-19/h7-14H,6,15-17H2,1-5H3. The molecule has 0 radical (unpaired) electrons. The summed E-state index contributed by atoms with van der Waals surface area (Å²) in [7, 11) is 3.34. The number of piperidine rings is 1. The maximum Gasteiger partial charge on any atom is 0.330 e. The molecule has 0 aromatic heterocycles. The quantitative estimate of drug-likeness (QED) is 0.738. The second-order valence-corrected chi connectivity index (χ2v) is 8.63. The second kappa shape index (κ2) is 8.46. The van der Waals surface area contributed by atoms with Gasteiger partial charge in [0.25, 0.3) is 0 Å². The van der Waals surface area contributed by atoms with Crippen molar-refractivity contribution in [2.75, 3.05) is 27.3 Å². The molecule has 5 heteroatoms. The number of carbonyl (C=O) groups is 1. The highest BCUT2D eigenvalue weighted by atomic mass is 16.7. The molecule has 156 valence electrons. The lowest BCUT2D eigenvalue weighted by Crippen LogP contribution is -2.48. The van der Waals surface area contributed by atoms with Crippen LogP contribution < -0.4 is 9.47 Å². The van der Waals surface area contributed by atoms with Crippen LogP contribution in [0.4, 0.5) is 0 Å². The van der Waals surface area contributed by atoms with E-state index in [0.29, 0.717) is 6.54 Å². The van der Waals surface area contributed by atoms with E-state index in [1.807, 2.05) is 50.1 Å². The van der Waals surface area contributed by atoms with Crippen LogP contribution in [0.1, 0.15) is 44.7 Å². The lowest BCUT2D eigenvalue weighted by Gasteiger charge is -2.43. The Morgan fingerprint density at radius 3 is 1.79 bits per heavy atom. The molecule has 1 aliphatic rings. The number of hydroxylamine groups is 2. The van der Waals surface area contributed by atoms with Crippen LogP contribution in [0.5, 0.6) is 11.5 Å². The first-order valence-corrected chi connectivity index (χ1v) is 10.0. The Kier molecular flexibility index (Phi) is 6.18. The zero-order valence-electron chi connectivity index (χ0n) is 18.0. The van der Waals surface area contributed by atoms with E-state index >= 15 is 0 Å². The smallest absolute Gasteiger partial charge is 0.330 e. The Morgan fingerprint density at radius 1 is 0.897 bits per heavy atom. The number of nitrogens with zero attached hydrogens (tertiary/aromatic N) is 1. The number of hydrogen-bond donors (Lipinski definition) is 0. The third-order valence-electron chi connectivity index (χ3n) is 5.57. The average molecular weight is 398 g/mol. The molecule has 0 N–H and O–H groups in total. The molecule has 5 nitrogen and oxygen atoms in total. The van der Waals surface area contributed by atoms with Crippen LogP contribution in [0.25, 0.3) is 0 Å². The average Bonchev–Trinajstić information content (AvgIpc) is 2.73. The predicted molar refractivity (Wildman–Crippen MR) is 113 cm³/mol. The summed E-state index contributed by atoms with van der Waals surface area (Å²) in [5, 5.41) is 1.82. The summed E-state index contributed by atoms with van der Waals surface area (Å²) in [5.41, 5.74) is 1.54. The van der Waals surface area contributed by atoms with Crippen LogP contribution in [0.2, 0.25) is 0 Å². The van der Waals surface area contributed by atoms with Gasteiger partial charge in [0.15, 0.2) is 0 Å². The molecular weight excluding hydrogens is 366 g/mol. The molecule has 1 heterocycles. The van der Waals surface area contributed by atoms with Gasteiger partial charge in [0.05, 0.1) is 19.6 Å². The molecule has 2 aromatic rings. The zero-order valence-corrected chi connectivity index (χ0v) is 18.0. The molecule has 3 rings (SSSR count). The maximum absolute atomic E-state index is 12.5. The van der Waals surface area contributed by atoms with Crippen LogP contribution in [-0.2, 0) is 15.0 Å². The van der Waals surface area contributed by atoms with Crippen molar-refractivity contribution in [2.24, 2.45) is 5.41 Å². The molecule has 0 spiro atoms. The van der Waals surface area contributed by atoms with E-state index in [4.69, 9.17) is 14.3 Å². The molecule has 0 amide bonds. The first-order valence-electron chi connectivity index (χ1n) is 10.0. The highest BCUT2D eigenvalue weighted by Gasteiger charge is 2.41. The van der Waals surface area contributed by atoms with E-state index in [1.54, 1.807) is 14.2 Å². The Morgan fingerprint density at radius 2 is 1.38 bits per heavy atom. The van der Waals surface area contributed by atoms with E-state index in [1.165, 1.54) is 11.1 Å². The SMILES string of the molecule is COc1ccc(C2(c3ccc(OC)cc3)CCCN(OC(=O)C(C)(C)C)C2)cc1. The fraction of sp³-hybridized carbons (Fsp3) is 0.458. The lowest BCUT2D eigenvalue weighted by atomic mass is 9.69. The summed E-state index contributed by atoms with van der Waals surface area (Å²) in [4.78, 5) is 18.3. The summed E-state index contributed by atoms with van der Waals surface area (Å²) >= 11 is 0. The van der Waals surface area contributed by atoms with Gasteiger partial charge in [0.1, 0.15) is 11.5 Å². The number of hydrogen-bond acceptors (Lipinski definition) is 5. The van der Waals surface area contributed by atoms with Crippen LogP contribution >= 0.6 is 0 Å². The molecular formula is C24H31NO4. The summed E-state index contributed by atoms with van der Waals surface area (Å²) in [6.45, 7) is 6.96. The van der Waals surface area contributed by atoms with E-state index < -0.39 is 5.41 Å². The molecule has 0 saturated carbocycles. The third-order valence-corrected chi connectivity index (χ3v) is 5.57. The highest BCUT2D eigenvalue weighted by molar-refractivity contribution is 5.75. The van der Waals surface area contributed by atoms with Gasteiger partial charge in [-0.15, -0.1) is 5.06 Å². The molecule has 0 aliphatic carbocycles. The molecule has 0 unspecified atom stereocenters. The number of methoxy groups -OCH3 is 2. The monoisotopic (exact) mass is 397 g/mol. The summed E-state index contributed by atoms with van der Waals surface area (Å²) in [5.74, 6) is 1.44. The van der Waals surface area contributed by atoms with Crippen LogP contribution in [0, 0.1) is 5.41 Å². The van der Waals surface area contributed by atoms with Gasteiger partial charge in [0.2, 0.25) is 0 Å². The fourth-order valence-corrected chi connectivity index (χ4v) is 3.81. The Hall–Kier alpha value is -2.53. The normalized spacial score (nSPS) is 16.9. The predicted octanol–water partition coefficient (Wildman–Crippen LogP) is 4.59. The summed E-state index contributed by atoms with van der Waals surface area (Å²) < 4.78 is 10.7. The van der Waals surface area contributed by atoms with Gasteiger partial charge >= 0.3 is 5.97 Å². The van der Waals surface area contributed by atoms with Crippen molar-refractivity contribution in [3.8, 4) is 11.5 Å². The van der Waals surface area contributed by atoms with Gasteiger partial charge in [0, 0.05) is 18.5 Å². The number of rotatable bonds is 5. The highest BCUT2D eigenvalue weighted by Crippen LogP contribution is 2.41. The Bertz CT molecular complexity index is 774. The van der Waals surface area contributed by atoms with E-state index in [9.17, 15) is 4.79 Å². The van der Waals surface area contributed by atoms with Crippen LogP contribution in [0.15, 0.2) is 48.5 Å². The minimum atomic E-state index is -0.541. The topological polar surface area (TPSA) is 48.0 Å². The molecule has 1 aliphatic heterocycles. The molecule has 0 bridgehead atoms. The van der Waals surface area contributed by atoms with Gasteiger partial charge in [-0.25, -0.2) is 4.79 Å². The van der Waals surface area contributed by atoms with E-state index in [-0.39, 0.29) is 11.4 Å². The molecule has 29 heavy (non-hydrogen) atoms. The van der Waals surface area contributed by atoms with Crippen molar-refractivity contribution in [1.82, 2.24) is 5.06 Å². The number of benzene rings is 2. The second-order valence-electron chi connectivity index (χ2n) is 8.63. The maximum atomic E-state index is 12.5. The van der Waals surface area contributed by atoms with Crippen LogP contribution in [-0.4, -0.2) is 38.3 Å². The van der Waals surface area contributed by atoms with Crippen molar-refractivity contribution in [3.63, 3.8) is 0 Å². The third kappa shape index (κ3) is 4.56. The van der Waals surface area contributed by atoms with Crippen molar-refractivity contribution >= 4 is 5.97 Å². The lowest BCUT2D eigenvalue weighted by molar-refractivity contribution is -0.208. The minimum absolute atomic E-state index is 0.210. The van der Waals surface area contributed by atoms with Gasteiger partial charge in [-0.1, -0.05) is 24.3 Å². The summed E-state index contributed by atoms with van der Waals surface area (Å²) in [6, 6.07) is 16.4. The fourth-order valence-electron chi connectivity index (χ4n) is 3.81. The minimum Gasteiger partial charge on any atom is -0.497 e. The zero-order chi connectivity index (χ0) is 21.1. The van der Waals surface area contributed by atoms with Crippen LogP contribution in [0.3, 0.4) is 0 Å². The molecule has 1 saturated heterocycles.